The Morgan fingerprint density at radius 2 is 1.79 bits per heavy atom. The van der Waals surface area contributed by atoms with Gasteiger partial charge < -0.3 is 38.9 Å². The van der Waals surface area contributed by atoms with Crippen LogP contribution in [0.15, 0.2) is 30.3 Å². The summed E-state index contributed by atoms with van der Waals surface area (Å²) in [5.41, 5.74) is 6.59. The van der Waals surface area contributed by atoms with Crippen LogP contribution in [0.25, 0.3) is 0 Å². The van der Waals surface area contributed by atoms with Crippen molar-refractivity contribution in [1.82, 2.24) is 10.2 Å². The molecule has 10 nitrogen and oxygen atoms in total. The first-order valence-electron chi connectivity index (χ1n) is 7.58. The Kier molecular flexibility index (Phi) is 10.9. The maximum absolute atomic E-state index is 12.3. The molecule has 0 unspecified atom stereocenters. The van der Waals surface area contributed by atoms with E-state index in [0.29, 0.717) is 5.56 Å². The van der Waals surface area contributed by atoms with Gasteiger partial charge >= 0.3 is 35.5 Å². The number of carbonyl (C=O) groups is 3. The molecule has 0 spiro atoms. The Bertz CT molecular complexity index is 713. The summed E-state index contributed by atoms with van der Waals surface area (Å²) in [5, 5.41) is 11.7. The van der Waals surface area contributed by atoms with E-state index in [2.05, 4.69) is 5.32 Å². The minimum absolute atomic E-state index is 0. The van der Waals surface area contributed by atoms with Crippen LogP contribution in [0.2, 0.25) is 0 Å². The second-order valence-corrected chi connectivity index (χ2v) is 8.24. The molecular weight excluding hydrogens is 401 g/mol. The van der Waals surface area contributed by atoms with Crippen LogP contribution >= 0.6 is 11.8 Å². The van der Waals surface area contributed by atoms with Gasteiger partial charge in [0, 0.05) is 4.75 Å². The van der Waals surface area contributed by atoms with Crippen molar-refractivity contribution in [3.05, 3.63) is 35.9 Å². The van der Waals surface area contributed by atoms with Crippen LogP contribution in [0.5, 0.6) is 0 Å². The number of hydrogen-bond acceptors (Lipinski definition) is 5. The number of carbonyl (C=O) groups excluding carboxylic acids is 2. The number of nitrogens with two attached hydrogens (primary N) is 1. The fraction of sp³-hybridized carbons (Fsp3) is 0.438. The summed E-state index contributed by atoms with van der Waals surface area (Å²) in [4.78, 5) is 37.5. The van der Waals surface area contributed by atoms with E-state index in [9.17, 15) is 19.5 Å². The molecule has 2 fully saturated rings. The van der Waals surface area contributed by atoms with E-state index in [1.54, 1.807) is 38.1 Å². The smallest absolute Gasteiger partial charge is 1.00 e. The van der Waals surface area contributed by atoms with Gasteiger partial charge in [0.2, 0.25) is 11.8 Å². The molecule has 2 aliphatic heterocycles. The molecule has 12 heteroatoms. The van der Waals surface area contributed by atoms with E-state index in [-0.39, 0.29) is 58.7 Å². The first kappa shape index (κ1) is 29.0. The Morgan fingerprint density at radius 3 is 2.29 bits per heavy atom. The predicted molar refractivity (Wildman–Crippen MR) is 101 cm³/mol. The van der Waals surface area contributed by atoms with Crippen molar-refractivity contribution in [1.29, 1.82) is 0 Å². The zero-order chi connectivity index (χ0) is 17.6. The number of β-lactam (4-membered cyclic amide) rings is 1. The molecule has 1 aromatic carbocycles. The maximum atomic E-state index is 12.3. The number of hydrogen-bond donors (Lipinski definition) is 3. The standard InChI is InChI=1S/C16H19N3O4S.Na.3H2O.H/c1-16(2)11(15(22)23)19-13(21)10(14(19)24-16)18-12(20)9(17)8-6-4-3-5-7-8;;;;;/h3-7,9-11,14H,17H2,1-2H3,(H,18,20)(H,22,23);;3*1H2;/q;+1;;;;-1/t9-,10-,11+,14-;;;;;/m1...../s1. The number of nitrogens with zero attached hydrogens (tertiary/aromatic N) is 1. The number of amides is 2. The summed E-state index contributed by atoms with van der Waals surface area (Å²) in [5.74, 6) is -1.86. The number of thioether (sulfide) groups is 1. The molecule has 0 radical (unpaired) electrons. The van der Waals surface area contributed by atoms with Crippen molar-refractivity contribution in [2.45, 2.75) is 42.1 Å². The number of fused-ring (bicyclic) bond motifs is 1. The van der Waals surface area contributed by atoms with Gasteiger partial charge in [-0.1, -0.05) is 30.3 Å². The van der Waals surface area contributed by atoms with Gasteiger partial charge in [-0.05, 0) is 19.4 Å². The van der Waals surface area contributed by atoms with E-state index in [1.807, 2.05) is 6.07 Å². The fourth-order valence-electron chi connectivity index (χ4n) is 3.20. The van der Waals surface area contributed by atoms with Gasteiger partial charge in [0.25, 0.3) is 0 Å². The van der Waals surface area contributed by atoms with Gasteiger partial charge in [-0.15, -0.1) is 11.8 Å². The molecule has 2 saturated heterocycles. The van der Waals surface area contributed by atoms with Crippen LogP contribution in [0.3, 0.4) is 0 Å². The SMILES string of the molecule is CC1(C)S[C@@H]2[C@H](NC(=O)[C@H](N)c3ccccc3)C(=O)N2[C@H]1C(=O)O.O.O.O.[H-].[Na+]. The molecule has 0 saturated carbocycles. The zero-order valence-corrected chi connectivity index (χ0v) is 18.6. The van der Waals surface area contributed by atoms with Crippen LogP contribution in [-0.4, -0.2) is 66.4 Å². The van der Waals surface area contributed by atoms with Crippen molar-refractivity contribution in [2.75, 3.05) is 0 Å². The average molecular weight is 427 g/mol. The molecule has 2 aliphatic rings. The molecule has 1 aromatic rings. The van der Waals surface area contributed by atoms with E-state index in [1.165, 1.54) is 16.7 Å². The van der Waals surface area contributed by atoms with Crippen LogP contribution in [0.1, 0.15) is 26.9 Å². The number of aliphatic carboxylic acids is 1. The number of carboxylic acids is 1. The van der Waals surface area contributed by atoms with Crippen molar-refractivity contribution < 1.29 is 66.9 Å². The molecule has 2 heterocycles. The Labute approximate surface area is 189 Å². The normalized spacial score (nSPS) is 24.6. The molecular formula is C16H26N3NaO7S. The van der Waals surface area contributed by atoms with Gasteiger partial charge in [-0.25, -0.2) is 4.79 Å². The van der Waals surface area contributed by atoms with Gasteiger partial charge in [0.15, 0.2) is 0 Å². The topological polar surface area (TPSA) is 207 Å². The third-order valence-electron chi connectivity index (χ3n) is 4.41. The van der Waals surface area contributed by atoms with Gasteiger partial charge in [0.1, 0.15) is 23.5 Å². The average Bonchev–Trinajstić information content (AvgIpc) is 2.80. The summed E-state index contributed by atoms with van der Waals surface area (Å²) >= 11 is 1.38. The largest absolute Gasteiger partial charge is 1.00 e. The second-order valence-electron chi connectivity index (χ2n) is 6.47. The third-order valence-corrected chi connectivity index (χ3v) is 5.99. The van der Waals surface area contributed by atoms with Crippen LogP contribution < -0.4 is 40.6 Å². The van der Waals surface area contributed by atoms with Crippen LogP contribution in [-0.2, 0) is 14.4 Å². The van der Waals surface area contributed by atoms with Gasteiger partial charge in [-0.3, -0.25) is 9.59 Å². The minimum Gasteiger partial charge on any atom is -1.00 e. The Hall–Kier alpha value is -1.18. The number of benzene rings is 1. The monoisotopic (exact) mass is 427 g/mol. The Balaban J connectivity index is -0.00000135. The molecule has 10 N–H and O–H groups in total. The molecule has 2 amide bonds. The minimum atomic E-state index is -1.03. The quantitative estimate of drug-likeness (QED) is 0.316. The first-order valence-corrected chi connectivity index (χ1v) is 8.45. The number of carboxylic acid groups (broad SMARTS) is 1. The zero-order valence-electron chi connectivity index (χ0n) is 16.8. The molecule has 3 rings (SSSR count). The molecule has 28 heavy (non-hydrogen) atoms. The van der Waals surface area contributed by atoms with Crippen molar-refractivity contribution in [2.24, 2.45) is 5.73 Å². The maximum Gasteiger partial charge on any atom is 1.00 e. The molecule has 4 atom stereocenters. The molecule has 0 aliphatic carbocycles. The summed E-state index contributed by atoms with van der Waals surface area (Å²) in [7, 11) is 0. The van der Waals surface area contributed by atoms with Crippen molar-refractivity contribution >= 4 is 29.5 Å². The van der Waals surface area contributed by atoms with E-state index >= 15 is 0 Å². The summed E-state index contributed by atoms with van der Waals surface area (Å²) in [6.07, 6.45) is 0. The summed E-state index contributed by atoms with van der Waals surface area (Å²) < 4.78 is -0.618. The molecule has 0 bridgehead atoms. The Morgan fingerprint density at radius 1 is 1.25 bits per heavy atom. The summed E-state index contributed by atoms with van der Waals surface area (Å²) in [6, 6.07) is 6.38. The second kappa shape index (κ2) is 10.6. The predicted octanol–water partition coefficient (Wildman–Crippen LogP) is -5.04. The van der Waals surface area contributed by atoms with E-state index in [4.69, 9.17) is 5.73 Å². The fourth-order valence-corrected chi connectivity index (χ4v) is 4.83. The van der Waals surface area contributed by atoms with Crippen molar-refractivity contribution in [3.8, 4) is 0 Å². The van der Waals surface area contributed by atoms with E-state index in [0.717, 1.165) is 0 Å². The number of nitrogens with one attached hydrogen (secondary N) is 1. The number of rotatable bonds is 4. The van der Waals surface area contributed by atoms with Crippen LogP contribution in [0, 0.1) is 0 Å². The molecule has 154 valence electrons. The molecule has 0 aromatic heterocycles. The van der Waals surface area contributed by atoms with Gasteiger partial charge in [-0.2, -0.15) is 0 Å². The summed E-state index contributed by atoms with van der Waals surface area (Å²) in [6.45, 7) is 3.58. The third kappa shape index (κ3) is 4.86. The van der Waals surface area contributed by atoms with Crippen LogP contribution in [0.4, 0.5) is 0 Å². The van der Waals surface area contributed by atoms with Gasteiger partial charge in [0.05, 0.1) is 0 Å². The van der Waals surface area contributed by atoms with E-state index < -0.39 is 34.7 Å². The first-order chi connectivity index (χ1) is 11.2. The van der Waals surface area contributed by atoms with Crippen molar-refractivity contribution in [3.63, 3.8) is 0 Å².